The first kappa shape index (κ1) is 21.3. The molecule has 8 heteroatoms. The molecule has 0 aliphatic carbocycles. The Kier molecular flexibility index (Phi) is 9.61. The van der Waals surface area contributed by atoms with E-state index >= 15 is 0 Å². The number of nitrogens with zero attached hydrogens (tertiary/aromatic N) is 1. The van der Waals surface area contributed by atoms with Crippen LogP contribution in [-0.4, -0.2) is 46.2 Å². The summed E-state index contributed by atoms with van der Waals surface area (Å²) < 4.78 is 21.1. The average Bonchev–Trinajstić information content (AvgIpc) is 2.65. The number of rotatable bonds is 11. The third-order valence-electron chi connectivity index (χ3n) is 3.26. The molecule has 0 aliphatic rings. The molecule has 1 amide bonds. The van der Waals surface area contributed by atoms with Crippen LogP contribution >= 0.6 is 0 Å². The van der Waals surface area contributed by atoms with Crippen LogP contribution in [0.15, 0.2) is 30.0 Å². The Balaban J connectivity index is 2.78. The number of anilines is 1. The van der Waals surface area contributed by atoms with Crippen molar-refractivity contribution >= 4 is 11.6 Å². The SMILES string of the molecule is CCOC(CN/C=C(/C#N)C(=O)Nc1cc(OC)ccc1OC)OCC. The van der Waals surface area contributed by atoms with Gasteiger partial charge in [0.15, 0.2) is 6.29 Å². The Morgan fingerprint density at radius 3 is 2.46 bits per heavy atom. The van der Waals surface area contributed by atoms with Gasteiger partial charge in [-0.3, -0.25) is 4.79 Å². The predicted molar refractivity (Wildman–Crippen MR) is 96.9 cm³/mol. The van der Waals surface area contributed by atoms with Gasteiger partial charge >= 0.3 is 0 Å². The molecular formula is C18H25N3O5. The second-order valence-corrected chi connectivity index (χ2v) is 4.94. The molecule has 0 fully saturated rings. The molecule has 142 valence electrons. The number of hydrogen-bond donors (Lipinski definition) is 2. The van der Waals surface area contributed by atoms with Gasteiger partial charge in [-0.2, -0.15) is 5.26 Å². The van der Waals surface area contributed by atoms with E-state index in [1.165, 1.54) is 20.4 Å². The summed E-state index contributed by atoms with van der Waals surface area (Å²) in [5.74, 6) is 0.436. The molecule has 0 saturated heterocycles. The first-order valence-electron chi connectivity index (χ1n) is 8.19. The van der Waals surface area contributed by atoms with Crippen LogP contribution in [0.25, 0.3) is 0 Å². The number of amides is 1. The first-order valence-corrected chi connectivity index (χ1v) is 8.19. The highest BCUT2D eigenvalue weighted by Gasteiger charge is 2.14. The van der Waals surface area contributed by atoms with E-state index in [4.69, 9.17) is 18.9 Å². The fourth-order valence-corrected chi connectivity index (χ4v) is 2.04. The number of carbonyl (C=O) groups excluding carboxylic acids is 1. The van der Waals surface area contributed by atoms with E-state index in [1.807, 2.05) is 19.9 Å². The maximum absolute atomic E-state index is 12.3. The summed E-state index contributed by atoms with van der Waals surface area (Å²) in [6.07, 6.45) is 0.871. The van der Waals surface area contributed by atoms with Gasteiger partial charge in [-0.25, -0.2) is 0 Å². The minimum Gasteiger partial charge on any atom is -0.497 e. The molecule has 0 aliphatic heterocycles. The van der Waals surface area contributed by atoms with Crippen molar-refractivity contribution in [2.75, 3.05) is 39.3 Å². The van der Waals surface area contributed by atoms with E-state index in [1.54, 1.807) is 18.2 Å². The van der Waals surface area contributed by atoms with Crippen molar-refractivity contribution in [3.8, 4) is 17.6 Å². The molecule has 8 nitrogen and oxygen atoms in total. The van der Waals surface area contributed by atoms with Gasteiger partial charge < -0.3 is 29.6 Å². The average molecular weight is 363 g/mol. The highest BCUT2D eigenvalue weighted by molar-refractivity contribution is 6.07. The van der Waals surface area contributed by atoms with Crippen molar-refractivity contribution in [3.63, 3.8) is 0 Å². The lowest BCUT2D eigenvalue weighted by Gasteiger charge is -2.16. The molecule has 0 heterocycles. The molecule has 0 aromatic heterocycles. The smallest absolute Gasteiger partial charge is 0.267 e. The van der Waals surface area contributed by atoms with Crippen molar-refractivity contribution in [3.05, 3.63) is 30.0 Å². The van der Waals surface area contributed by atoms with Crippen molar-refractivity contribution in [1.29, 1.82) is 5.26 Å². The van der Waals surface area contributed by atoms with E-state index in [2.05, 4.69) is 10.6 Å². The number of ether oxygens (including phenoxy) is 4. The summed E-state index contributed by atoms with van der Waals surface area (Å²) in [4.78, 5) is 12.3. The van der Waals surface area contributed by atoms with E-state index in [0.717, 1.165) is 0 Å². The summed E-state index contributed by atoms with van der Waals surface area (Å²) in [5.41, 5.74) is 0.307. The van der Waals surface area contributed by atoms with Crippen LogP contribution in [-0.2, 0) is 14.3 Å². The zero-order valence-electron chi connectivity index (χ0n) is 15.5. The molecule has 0 spiro atoms. The maximum atomic E-state index is 12.3. The van der Waals surface area contributed by atoms with Crippen LogP contribution in [0.5, 0.6) is 11.5 Å². The van der Waals surface area contributed by atoms with Crippen LogP contribution in [0.1, 0.15) is 13.8 Å². The fourth-order valence-electron chi connectivity index (χ4n) is 2.04. The Morgan fingerprint density at radius 1 is 1.23 bits per heavy atom. The van der Waals surface area contributed by atoms with Crippen molar-refractivity contribution in [2.45, 2.75) is 20.1 Å². The molecule has 2 N–H and O–H groups in total. The quantitative estimate of drug-likeness (QED) is 0.352. The lowest BCUT2D eigenvalue weighted by molar-refractivity contribution is -0.131. The summed E-state index contributed by atoms with van der Waals surface area (Å²) >= 11 is 0. The van der Waals surface area contributed by atoms with Crippen LogP contribution < -0.4 is 20.1 Å². The van der Waals surface area contributed by atoms with Crippen LogP contribution in [0.2, 0.25) is 0 Å². The number of methoxy groups -OCH3 is 2. The molecule has 0 unspecified atom stereocenters. The topological polar surface area (TPSA) is 102 Å². The van der Waals surface area contributed by atoms with Gasteiger partial charge in [0.1, 0.15) is 23.1 Å². The molecule has 0 atom stereocenters. The second kappa shape index (κ2) is 11.7. The van der Waals surface area contributed by atoms with Crippen LogP contribution in [0, 0.1) is 11.3 Å². The van der Waals surface area contributed by atoms with E-state index in [0.29, 0.717) is 36.9 Å². The van der Waals surface area contributed by atoms with Crippen LogP contribution in [0.3, 0.4) is 0 Å². The molecule has 0 saturated carbocycles. The largest absolute Gasteiger partial charge is 0.497 e. The normalized spacial score (nSPS) is 11.0. The first-order chi connectivity index (χ1) is 12.6. The molecule has 0 radical (unpaired) electrons. The molecule has 1 aromatic carbocycles. The molecule has 1 rings (SSSR count). The van der Waals surface area contributed by atoms with Crippen LogP contribution in [0.4, 0.5) is 5.69 Å². The Hall–Kier alpha value is -2.76. The monoisotopic (exact) mass is 363 g/mol. The summed E-state index contributed by atoms with van der Waals surface area (Å²) in [6.45, 7) is 5.02. The number of hydrogen-bond acceptors (Lipinski definition) is 7. The second-order valence-electron chi connectivity index (χ2n) is 4.94. The van der Waals surface area contributed by atoms with Gasteiger partial charge in [-0.1, -0.05) is 0 Å². The van der Waals surface area contributed by atoms with Gasteiger partial charge in [0.05, 0.1) is 26.5 Å². The van der Waals surface area contributed by atoms with Gasteiger partial charge in [0.25, 0.3) is 5.91 Å². The number of nitriles is 1. The lowest BCUT2D eigenvalue weighted by atomic mass is 10.2. The predicted octanol–water partition coefficient (Wildman–Crippen LogP) is 2.04. The maximum Gasteiger partial charge on any atom is 0.267 e. The van der Waals surface area contributed by atoms with Gasteiger partial charge in [0.2, 0.25) is 0 Å². The van der Waals surface area contributed by atoms with Gasteiger partial charge in [0, 0.05) is 25.5 Å². The number of carbonyl (C=O) groups is 1. The van der Waals surface area contributed by atoms with E-state index < -0.39 is 12.2 Å². The third kappa shape index (κ3) is 6.63. The van der Waals surface area contributed by atoms with E-state index in [-0.39, 0.29) is 5.57 Å². The number of nitrogens with one attached hydrogen (secondary N) is 2. The summed E-state index contributed by atoms with van der Waals surface area (Å²) in [5, 5.41) is 14.7. The van der Waals surface area contributed by atoms with Crippen molar-refractivity contribution in [2.24, 2.45) is 0 Å². The Morgan fingerprint density at radius 2 is 1.92 bits per heavy atom. The summed E-state index contributed by atoms with van der Waals surface area (Å²) in [7, 11) is 3.01. The molecule has 1 aromatic rings. The van der Waals surface area contributed by atoms with Gasteiger partial charge in [-0.05, 0) is 26.0 Å². The standard InChI is InChI=1S/C18H25N3O5/c1-5-25-17(26-6-2)12-20-11-13(10-19)18(22)21-15-9-14(23-3)7-8-16(15)24-4/h7-9,11,17,20H,5-6,12H2,1-4H3,(H,21,22)/b13-11-. The lowest BCUT2D eigenvalue weighted by Crippen LogP contribution is -2.29. The Labute approximate surface area is 153 Å². The third-order valence-corrected chi connectivity index (χ3v) is 3.26. The minimum absolute atomic E-state index is 0.0957. The van der Waals surface area contributed by atoms with E-state index in [9.17, 15) is 10.1 Å². The summed E-state index contributed by atoms with van der Waals surface area (Å²) in [6, 6.07) is 6.84. The Bertz CT molecular complexity index is 649. The molecular weight excluding hydrogens is 338 g/mol. The molecule has 26 heavy (non-hydrogen) atoms. The highest BCUT2D eigenvalue weighted by Crippen LogP contribution is 2.29. The highest BCUT2D eigenvalue weighted by atomic mass is 16.7. The fraction of sp³-hybridized carbons (Fsp3) is 0.444. The zero-order chi connectivity index (χ0) is 19.4. The van der Waals surface area contributed by atoms with Crippen molar-refractivity contribution in [1.82, 2.24) is 5.32 Å². The number of benzene rings is 1. The van der Waals surface area contributed by atoms with Gasteiger partial charge in [-0.15, -0.1) is 0 Å². The minimum atomic E-state index is -0.573. The van der Waals surface area contributed by atoms with Crippen molar-refractivity contribution < 1.29 is 23.7 Å². The zero-order valence-corrected chi connectivity index (χ0v) is 15.5. The molecule has 0 bridgehead atoms.